The van der Waals surface area contributed by atoms with Gasteiger partial charge >= 0.3 is 0 Å². The summed E-state index contributed by atoms with van der Waals surface area (Å²) >= 11 is 0. The smallest absolute Gasteiger partial charge is 0.160 e. The lowest BCUT2D eigenvalue weighted by Gasteiger charge is -2.38. The molecule has 0 saturated heterocycles. The van der Waals surface area contributed by atoms with Crippen molar-refractivity contribution in [3.05, 3.63) is 22.8 Å². The average molecular weight is 275 g/mol. The number of fused-ring (bicyclic) bond motifs is 1. The van der Waals surface area contributed by atoms with Crippen molar-refractivity contribution in [2.24, 2.45) is 5.92 Å². The minimum atomic E-state index is -0.269. The molecule has 1 aliphatic carbocycles. The molecule has 1 N–H and O–H groups in total. The fraction of sp³-hybridized carbons (Fsp3) is 0.750. The first-order chi connectivity index (χ1) is 9.64. The van der Waals surface area contributed by atoms with Crippen LogP contribution in [0.4, 0.5) is 0 Å². The third kappa shape index (κ3) is 2.35. The number of nitrogens with zero attached hydrogens (tertiary/aromatic N) is 2. The van der Waals surface area contributed by atoms with Gasteiger partial charge in [-0.25, -0.2) is 9.97 Å². The molecule has 110 valence electrons. The van der Waals surface area contributed by atoms with E-state index >= 15 is 0 Å². The van der Waals surface area contributed by atoms with Gasteiger partial charge in [0.25, 0.3) is 0 Å². The van der Waals surface area contributed by atoms with Gasteiger partial charge in [0.1, 0.15) is 5.60 Å². The maximum atomic E-state index is 5.94. The molecular formula is C16H25N3O. The second-order valence-electron chi connectivity index (χ2n) is 6.38. The highest BCUT2D eigenvalue weighted by Gasteiger charge is 2.40. The third-order valence-corrected chi connectivity index (χ3v) is 4.90. The highest BCUT2D eigenvalue weighted by molar-refractivity contribution is 5.29. The molecule has 2 atom stereocenters. The molecule has 20 heavy (non-hydrogen) atoms. The monoisotopic (exact) mass is 275 g/mol. The Balaban J connectivity index is 2.01. The van der Waals surface area contributed by atoms with Crippen LogP contribution in [0.1, 0.15) is 55.4 Å². The van der Waals surface area contributed by atoms with Crippen LogP contribution in [-0.4, -0.2) is 23.6 Å². The van der Waals surface area contributed by atoms with Gasteiger partial charge in [-0.3, -0.25) is 0 Å². The van der Waals surface area contributed by atoms with Gasteiger partial charge in [0, 0.05) is 19.3 Å². The number of hydrogen-bond acceptors (Lipinski definition) is 4. The van der Waals surface area contributed by atoms with Crippen molar-refractivity contribution in [2.45, 2.75) is 58.1 Å². The van der Waals surface area contributed by atoms with Crippen LogP contribution in [-0.2, 0) is 23.3 Å². The minimum absolute atomic E-state index is 0.269. The van der Waals surface area contributed by atoms with Crippen LogP contribution in [0.5, 0.6) is 0 Å². The molecule has 0 bridgehead atoms. The Labute approximate surface area is 121 Å². The molecule has 4 heteroatoms. The molecule has 2 heterocycles. The number of ether oxygens (including phenoxy) is 1. The van der Waals surface area contributed by atoms with Gasteiger partial charge in [-0.05, 0) is 50.6 Å². The Kier molecular flexibility index (Phi) is 3.78. The first-order valence-corrected chi connectivity index (χ1v) is 7.77. The topological polar surface area (TPSA) is 47.0 Å². The molecule has 1 aromatic rings. The van der Waals surface area contributed by atoms with Crippen molar-refractivity contribution in [1.82, 2.24) is 15.3 Å². The Morgan fingerprint density at radius 1 is 1.35 bits per heavy atom. The molecule has 1 fully saturated rings. The van der Waals surface area contributed by atoms with Crippen LogP contribution >= 0.6 is 0 Å². The van der Waals surface area contributed by atoms with Gasteiger partial charge in [-0.15, -0.1) is 0 Å². The highest BCUT2D eigenvalue weighted by Crippen LogP contribution is 2.41. The number of aryl methyl sites for hydroxylation is 1. The summed E-state index contributed by atoms with van der Waals surface area (Å²) in [5.74, 6) is 1.59. The zero-order valence-electron chi connectivity index (χ0n) is 12.8. The van der Waals surface area contributed by atoms with Gasteiger partial charge in [0.2, 0.25) is 0 Å². The molecule has 1 aliphatic heterocycles. The van der Waals surface area contributed by atoms with E-state index in [1.807, 2.05) is 7.11 Å². The first kappa shape index (κ1) is 14.0. The maximum absolute atomic E-state index is 5.94. The normalized spacial score (nSPS) is 30.1. The lowest BCUT2D eigenvalue weighted by atomic mass is 9.78. The zero-order chi connectivity index (χ0) is 14.2. The SMILES string of the molecule is COC1(c2nc(C)c3c(n2)CNCC3)CCCC(C)C1. The summed E-state index contributed by atoms with van der Waals surface area (Å²) in [5, 5.41) is 3.41. The zero-order valence-corrected chi connectivity index (χ0v) is 12.8. The molecule has 0 radical (unpaired) electrons. The minimum Gasteiger partial charge on any atom is -0.370 e. The van der Waals surface area contributed by atoms with Gasteiger partial charge in [0.05, 0.1) is 5.69 Å². The van der Waals surface area contributed by atoms with E-state index in [9.17, 15) is 0 Å². The molecule has 0 spiro atoms. The molecule has 4 nitrogen and oxygen atoms in total. The first-order valence-electron chi connectivity index (χ1n) is 7.77. The molecule has 0 amide bonds. The van der Waals surface area contributed by atoms with Crippen molar-refractivity contribution in [3.63, 3.8) is 0 Å². The Bertz CT molecular complexity index is 503. The summed E-state index contributed by atoms with van der Waals surface area (Å²) in [6.45, 7) is 6.31. The third-order valence-electron chi connectivity index (χ3n) is 4.90. The van der Waals surface area contributed by atoms with Crippen LogP contribution in [0.3, 0.4) is 0 Å². The van der Waals surface area contributed by atoms with Crippen LogP contribution in [0.25, 0.3) is 0 Å². The number of nitrogens with one attached hydrogen (secondary N) is 1. The number of aromatic nitrogens is 2. The standard InChI is InChI=1S/C16H25N3O/c1-11-5-4-7-16(9-11,20-3)15-18-12(2)13-6-8-17-10-14(13)19-15/h11,17H,4-10H2,1-3H3. The summed E-state index contributed by atoms with van der Waals surface area (Å²) in [6, 6.07) is 0. The van der Waals surface area contributed by atoms with E-state index in [1.165, 1.54) is 24.1 Å². The predicted molar refractivity (Wildman–Crippen MR) is 78.5 cm³/mol. The van der Waals surface area contributed by atoms with Gasteiger partial charge in [-0.2, -0.15) is 0 Å². The van der Waals surface area contributed by atoms with E-state index in [4.69, 9.17) is 14.7 Å². The summed E-state index contributed by atoms with van der Waals surface area (Å²) in [4.78, 5) is 9.70. The summed E-state index contributed by atoms with van der Waals surface area (Å²) in [6.07, 6.45) is 5.61. The van der Waals surface area contributed by atoms with Crippen LogP contribution in [0.15, 0.2) is 0 Å². The Hall–Kier alpha value is -1.00. The molecule has 2 aliphatic rings. The van der Waals surface area contributed by atoms with Crippen molar-refractivity contribution in [2.75, 3.05) is 13.7 Å². The molecule has 3 rings (SSSR count). The fourth-order valence-electron chi connectivity index (χ4n) is 3.73. The van der Waals surface area contributed by atoms with Crippen LogP contribution < -0.4 is 5.32 Å². The molecular weight excluding hydrogens is 250 g/mol. The van der Waals surface area contributed by atoms with Crippen molar-refractivity contribution >= 4 is 0 Å². The van der Waals surface area contributed by atoms with E-state index in [-0.39, 0.29) is 5.60 Å². The maximum Gasteiger partial charge on any atom is 0.160 e. The fourth-order valence-corrected chi connectivity index (χ4v) is 3.73. The van der Waals surface area contributed by atoms with E-state index in [1.54, 1.807) is 0 Å². The number of rotatable bonds is 2. The van der Waals surface area contributed by atoms with Gasteiger partial charge in [-0.1, -0.05) is 13.3 Å². The molecule has 0 aromatic carbocycles. The molecule has 2 unspecified atom stereocenters. The van der Waals surface area contributed by atoms with Crippen molar-refractivity contribution < 1.29 is 4.74 Å². The largest absolute Gasteiger partial charge is 0.370 e. The van der Waals surface area contributed by atoms with Crippen molar-refractivity contribution in [1.29, 1.82) is 0 Å². The summed E-state index contributed by atoms with van der Waals surface area (Å²) in [7, 11) is 1.81. The van der Waals surface area contributed by atoms with Gasteiger partial charge < -0.3 is 10.1 Å². The molecule has 1 saturated carbocycles. The second kappa shape index (κ2) is 5.41. The number of methoxy groups -OCH3 is 1. The summed E-state index contributed by atoms with van der Waals surface area (Å²) in [5.41, 5.74) is 3.38. The van der Waals surface area contributed by atoms with E-state index in [0.717, 1.165) is 43.9 Å². The van der Waals surface area contributed by atoms with Crippen molar-refractivity contribution in [3.8, 4) is 0 Å². The van der Waals surface area contributed by atoms with E-state index in [2.05, 4.69) is 19.2 Å². The van der Waals surface area contributed by atoms with E-state index in [0.29, 0.717) is 5.92 Å². The van der Waals surface area contributed by atoms with Crippen LogP contribution in [0, 0.1) is 12.8 Å². The quantitative estimate of drug-likeness (QED) is 0.901. The lowest BCUT2D eigenvalue weighted by molar-refractivity contribution is -0.0649. The van der Waals surface area contributed by atoms with Crippen LogP contribution in [0.2, 0.25) is 0 Å². The molecule has 1 aromatic heterocycles. The Morgan fingerprint density at radius 3 is 2.95 bits per heavy atom. The highest BCUT2D eigenvalue weighted by atomic mass is 16.5. The predicted octanol–water partition coefficient (Wildman–Crippen LogP) is 2.48. The summed E-state index contributed by atoms with van der Waals surface area (Å²) < 4.78 is 5.94. The number of hydrogen-bond donors (Lipinski definition) is 1. The van der Waals surface area contributed by atoms with E-state index < -0.39 is 0 Å². The van der Waals surface area contributed by atoms with Gasteiger partial charge in [0.15, 0.2) is 5.82 Å². The lowest BCUT2D eigenvalue weighted by Crippen LogP contribution is -2.37. The average Bonchev–Trinajstić information content (AvgIpc) is 2.47. The second-order valence-corrected chi connectivity index (χ2v) is 6.38. The Morgan fingerprint density at radius 2 is 2.20 bits per heavy atom.